The molecule has 4 aromatic rings. The van der Waals surface area contributed by atoms with Crippen LogP contribution in [0.3, 0.4) is 0 Å². The average Bonchev–Trinajstić information content (AvgIpc) is 3.59. The molecule has 0 radical (unpaired) electrons. The van der Waals surface area contributed by atoms with Crippen LogP contribution in [-0.4, -0.2) is 38.8 Å². The van der Waals surface area contributed by atoms with Gasteiger partial charge in [-0.15, -0.1) is 11.3 Å². The molecule has 4 rings (SSSR count). The van der Waals surface area contributed by atoms with E-state index in [1.807, 2.05) is 0 Å². The van der Waals surface area contributed by atoms with Gasteiger partial charge in [0, 0.05) is 30.6 Å². The molecule has 8 nitrogen and oxygen atoms in total. The summed E-state index contributed by atoms with van der Waals surface area (Å²) in [5, 5.41) is 6.60. The number of aromatic nitrogens is 4. The highest BCUT2D eigenvalue weighted by molar-refractivity contribution is 7.11. The minimum absolute atomic E-state index is 0.00839. The second-order valence-electron chi connectivity index (χ2n) is 8.48. The standard InChI is InChI=1S/C25H25F3N6O2S/c1-29-22(35)6-4-2-3-5-18(34-24(36)20-13-30-14-37-20)23-32-12-19(33-23)16-8-7-15-10-21(25(26,27)28)31-11-17(15)9-16/h7-14,18H,2-6H2,1H3,(H,29,35)(H,32,33)(H,34,36)/t18-/m0/s1. The maximum atomic E-state index is 13.0. The number of pyridine rings is 1. The number of hydrogen-bond donors (Lipinski definition) is 3. The molecule has 194 valence electrons. The quantitative estimate of drug-likeness (QED) is 0.242. The van der Waals surface area contributed by atoms with E-state index in [1.54, 1.807) is 37.0 Å². The number of nitrogens with zero attached hydrogens (tertiary/aromatic N) is 3. The molecule has 12 heteroatoms. The molecule has 3 aromatic heterocycles. The fourth-order valence-corrected chi connectivity index (χ4v) is 4.42. The SMILES string of the molecule is CNC(=O)CCCCC[C@H](NC(=O)c1cncs1)c1ncc(-c2ccc3cc(C(F)(F)F)ncc3c2)[nH]1. The Morgan fingerprint density at radius 2 is 1.89 bits per heavy atom. The van der Waals surface area contributed by atoms with Crippen LogP contribution >= 0.6 is 11.3 Å². The van der Waals surface area contributed by atoms with Crippen LogP contribution in [0.5, 0.6) is 0 Å². The summed E-state index contributed by atoms with van der Waals surface area (Å²) in [6.45, 7) is 0. The molecule has 0 aliphatic rings. The summed E-state index contributed by atoms with van der Waals surface area (Å²) in [7, 11) is 1.60. The Balaban J connectivity index is 1.51. The average molecular weight is 531 g/mol. The molecule has 2 amide bonds. The summed E-state index contributed by atoms with van der Waals surface area (Å²) in [4.78, 5) is 39.9. The van der Waals surface area contributed by atoms with Crippen LogP contribution in [0.4, 0.5) is 13.2 Å². The lowest BCUT2D eigenvalue weighted by molar-refractivity contribution is -0.141. The van der Waals surface area contributed by atoms with E-state index in [4.69, 9.17) is 0 Å². The molecule has 3 heterocycles. The molecule has 0 bridgehead atoms. The van der Waals surface area contributed by atoms with Crippen molar-refractivity contribution in [2.75, 3.05) is 7.05 Å². The van der Waals surface area contributed by atoms with Gasteiger partial charge >= 0.3 is 6.18 Å². The number of nitrogens with one attached hydrogen (secondary N) is 3. The lowest BCUT2D eigenvalue weighted by Crippen LogP contribution is -2.28. The zero-order valence-electron chi connectivity index (χ0n) is 19.9. The zero-order chi connectivity index (χ0) is 26.4. The van der Waals surface area contributed by atoms with Crippen molar-refractivity contribution in [3.63, 3.8) is 0 Å². The number of imidazole rings is 1. The first kappa shape index (κ1) is 26.3. The van der Waals surface area contributed by atoms with E-state index < -0.39 is 17.9 Å². The van der Waals surface area contributed by atoms with Gasteiger partial charge in [-0.3, -0.25) is 19.6 Å². The fourth-order valence-electron chi connectivity index (χ4n) is 3.89. The monoisotopic (exact) mass is 530 g/mol. The number of carbonyl (C=O) groups excluding carboxylic acids is 2. The van der Waals surface area contributed by atoms with Gasteiger partial charge in [-0.05, 0) is 30.4 Å². The summed E-state index contributed by atoms with van der Waals surface area (Å²) in [5.74, 6) is 0.295. The number of fused-ring (bicyclic) bond motifs is 1. The minimum Gasteiger partial charge on any atom is -0.359 e. The molecule has 0 unspecified atom stereocenters. The van der Waals surface area contributed by atoms with Crippen LogP contribution in [0.2, 0.25) is 0 Å². The Hall–Kier alpha value is -3.80. The number of H-pyrrole nitrogens is 1. The zero-order valence-corrected chi connectivity index (χ0v) is 20.7. The number of hydrogen-bond acceptors (Lipinski definition) is 6. The molecule has 1 atom stereocenters. The van der Waals surface area contributed by atoms with Crippen molar-refractivity contribution in [1.29, 1.82) is 0 Å². The van der Waals surface area contributed by atoms with Crippen LogP contribution in [0.15, 0.2) is 48.4 Å². The highest BCUT2D eigenvalue weighted by Gasteiger charge is 2.32. The Morgan fingerprint density at radius 1 is 1.05 bits per heavy atom. The van der Waals surface area contributed by atoms with Crippen molar-refractivity contribution < 1.29 is 22.8 Å². The predicted octanol–water partition coefficient (Wildman–Crippen LogP) is 5.27. The topological polar surface area (TPSA) is 113 Å². The van der Waals surface area contributed by atoms with Gasteiger partial charge in [0.25, 0.3) is 5.91 Å². The van der Waals surface area contributed by atoms with Gasteiger partial charge in [0.1, 0.15) is 16.4 Å². The van der Waals surface area contributed by atoms with E-state index >= 15 is 0 Å². The number of alkyl halides is 3. The van der Waals surface area contributed by atoms with Gasteiger partial charge in [0.05, 0.1) is 29.6 Å². The lowest BCUT2D eigenvalue weighted by Gasteiger charge is -2.16. The van der Waals surface area contributed by atoms with Crippen LogP contribution in [0, 0.1) is 0 Å². The van der Waals surface area contributed by atoms with E-state index in [0.29, 0.717) is 40.0 Å². The molecule has 0 aliphatic heterocycles. The van der Waals surface area contributed by atoms with Gasteiger partial charge in [-0.25, -0.2) is 4.98 Å². The normalized spacial score (nSPS) is 12.4. The molecular formula is C25H25F3N6O2S. The summed E-state index contributed by atoms with van der Waals surface area (Å²) >= 11 is 1.24. The second-order valence-corrected chi connectivity index (χ2v) is 9.36. The maximum Gasteiger partial charge on any atom is 0.433 e. The second kappa shape index (κ2) is 11.5. The van der Waals surface area contributed by atoms with Gasteiger partial charge in [0.2, 0.25) is 5.91 Å². The Morgan fingerprint density at radius 3 is 2.62 bits per heavy atom. The van der Waals surface area contributed by atoms with E-state index in [-0.39, 0.29) is 11.8 Å². The van der Waals surface area contributed by atoms with Crippen molar-refractivity contribution in [3.05, 3.63) is 64.8 Å². The van der Waals surface area contributed by atoms with Gasteiger partial charge in [0.15, 0.2) is 0 Å². The van der Waals surface area contributed by atoms with Crippen LogP contribution in [0.25, 0.3) is 22.0 Å². The van der Waals surface area contributed by atoms with E-state index in [0.717, 1.165) is 30.9 Å². The first-order chi connectivity index (χ1) is 17.7. The third-order valence-corrected chi connectivity index (χ3v) is 6.66. The molecule has 0 fully saturated rings. The highest BCUT2D eigenvalue weighted by Crippen LogP contribution is 2.31. The van der Waals surface area contributed by atoms with Crippen molar-refractivity contribution in [2.45, 2.75) is 44.3 Å². The first-order valence-electron chi connectivity index (χ1n) is 11.7. The Kier molecular flexibility index (Phi) is 8.17. The number of carbonyl (C=O) groups is 2. The number of rotatable bonds is 10. The van der Waals surface area contributed by atoms with E-state index in [9.17, 15) is 22.8 Å². The third kappa shape index (κ3) is 6.70. The number of halogens is 3. The van der Waals surface area contributed by atoms with Crippen molar-refractivity contribution in [1.82, 2.24) is 30.6 Å². The number of benzene rings is 1. The smallest absolute Gasteiger partial charge is 0.359 e. The first-order valence-corrected chi connectivity index (χ1v) is 12.5. The van der Waals surface area contributed by atoms with Crippen LogP contribution in [-0.2, 0) is 11.0 Å². The molecule has 3 N–H and O–H groups in total. The third-order valence-electron chi connectivity index (χ3n) is 5.89. The Bertz CT molecular complexity index is 1370. The lowest BCUT2D eigenvalue weighted by atomic mass is 10.1. The van der Waals surface area contributed by atoms with E-state index in [2.05, 4.69) is 30.6 Å². The summed E-state index contributed by atoms with van der Waals surface area (Å²) in [5.41, 5.74) is 2.03. The summed E-state index contributed by atoms with van der Waals surface area (Å²) < 4.78 is 38.9. The number of unbranched alkanes of at least 4 members (excludes halogenated alkanes) is 2. The predicted molar refractivity (Wildman–Crippen MR) is 134 cm³/mol. The van der Waals surface area contributed by atoms with Crippen molar-refractivity contribution in [2.24, 2.45) is 0 Å². The molecule has 0 saturated heterocycles. The number of amides is 2. The van der Waals surface area contributed by atoms with Crippen molar-refractivity contribution >= 4 is 33.9 Å². The van der Waals surface area contributed by atoms with E-state index in [1.165, 1.54) is 23.7 Å². The Labute approximate surface area is 214 Å². The summed E-state index contributed by atoms with van der Waals surface area (Å²) in [6.07, 6.45) is 3.19. The van der Waals surface area contributed by atoms with Gasteiger partial charge < -0.3 is 15.6 Å². The highest BCUT2D eigenvalue weighted by atomic mass is 32.1. The largest absolute Gasteiger partial charge is 0.433 e. The minimum atomic E-state index is -4.51. The van der Waals surface area contributed by atoms with Gasteiger partial charge in [-0.2, -0.15) is 13.2 Å². The van der Waals surface area contributed by atoms with Gasteiger partial charge in [-0.1, -0.05) is 25.0 Å². The number of aromatic amines is 1. The van der Waals surface area contributed by atoms with Crippen molar-refractivity contribution in [3.8, 4) is 11.3 Å². The molecule has 0 aliphatic carbocycles. The maximum absolute atomic E-state index is 13.0. The fraction of sp³-hybridized carbons (Fsp3) is 0.320. The molecule has 1 aromatic carbocycles. The summed E-state index contributed by atoms with van der Waals surface area (Å²) in [6, 6.07) is 5.68. The molecular weight excluding hydrogens is 505 g/mol. The molecule has 0 spiro atoms. The molecule has 0 saturated carbocycles. The van der Waals surface area contributed by atoms with Crippen LogP contribution in [0.1, 0.15) is 59.3 Å². The van der Waals surface area contributed by atoms with Crippen LogP contribution < -0.4 is 10.6 Å². The molecule has 37 heavy (non-hydrogen) atoms. The number of thiazole rings is 1.